The summed E-state index contributed by atoms with van der Waals surface area (Å²) in [7, 11) is -3.48. The van der Waals surface area contributed by atoms with Gasteiger partial charge in [0.05, 0.1) is 12.1 Å². The highest BCUT2D eigenvalue weighted by Gasteiger charge is 2.18. The Morgan fingerprint density at radius 3 is 1.31 bits per heavy atom. The van der Waals surface area contributed by atoms with Gasteiger partial charge in [0.25, 0.3) is 10.0 Å². The predicted molar refractivity (Wildman–Crippen MR) is 119 cm³/mol. The van der Waals surface area contributed by atoms with E-state index in [1.54, 1.807) is 11.2 Å². The van der Waals surface area contributed by atoms with Crippen LogP contribution in [0, 0.1) is 33.8 Å². The van der Waals surface area contributed by atoms with E-state index in [9.17, 15) is 8.42 Å². The quantitative estimate of drug-likeness (QED) is 0.192. The Labute approximate surface area is 179 Å². The molecule has 0 aromatic carbocycles. The summed E-state index contributed by atoms with van der Waals surface area (Å²) in [6.45, 7) is 2.67. The molecule has 6 heteroatoms. The van der Waals surface area contributed by atoms with E-state index < -0.39 is 10.0 Å². The minimum atomic E-state index is -3.48. The maximum atomic E-state index is 12.4. The van der Waals surface area contributed by atoms with Crippen LogP contribution in [-0.4, -0.2) is 25.8 Å². The second-order valence-corrected chi connectivity index (χ2v) is 9.19. The Hall–Kier alpha value is -1.55. The molecule has 0 aromatic rings. The number of unbranched alkanes of at least 4 members (excludes halogenated alkanes) is 14. The number of nitriles is 2. The van der Waals surface area contributed by atoms with Crippen molar-refractivity contribution in [2.75, 3.05) is 13.1 Å². The normalized spacial score (nSPS) is 10.9. The molecule has 0 aliphatic heterocycles. The summed E-state index contributed by atoms with van der Waals surface area (Å²) < 4.78 is 26.3. The summed E-state index contributed by atoms with van der Waals surface area (Å²) >= 11 is 0. The van der Waals surface area contributed by atoms with Crippen LogP contribution in [0.25, 0.3) is 0 Å². The van der Waals surface area contributed by atoms with Crippen molar-refractivity contribution in [3.05, 3.63) is 0 Å². The van der Waals surface area contributed by atoms with Crippen LogP contribution < -0.4 is 0 Å². The second kappa shape index (κ2) is 19.8. The van der Waals surface area contributed by atoms with Gasteiger partial charge in [0.2, 0.25) is 0 Å². The zero-order chi connectivity index (χ0) is 21.6. The number of nitrogens with zero attached hydrogens (tertiary/aromatic N) is 3. The number of hydrogen-bond donors (Lipinski definition) is 0. The molecule has 0 spiro atoms. The zero-order valence-electron chi connectivity index (χ0n) is 18.3. The molecule has 0 aliphatic rings. The Morgan fingerprint density at radius 2 is 0.966 bits per heavy atom. The largest absolute Gasteiger partial charge is 0.282 e. The molecule has 0 radical (unpaired) electrons. The molecule has 5 nitrogen and oxygen atoms in total. The first-order chi connectivity index (χ1) is 14.1. The monoisotopic (exact) mass is 421 g/mol. The van der Waals surface area contributed by atoms with Crippen LogP contribution in [0.5, 0.6) is 0 Å². The summed E-state index contributed by atoms with van der Waals surface area (Å²) in [4.78, 5) is 0. The highest BCUT2D eigenvalue weighted by Crippen LogP contribution is 2.13. The molecular formula is C23H39N3O2S. The molecule has 0 amide bonds. The van der Waals surface area contributed by atoms with E-state index in [4.69, 9.17) is 10.5 Å². The Bertz CT molecular complexity index is 604. The van der Waals surface area contributed by atoms with E-state index in [2.05, 4.69) is 23.3 Å². The van der Waals surface area contributed by atoms with Gasteiger partial charge in [-0.2, -0.15) is 23.2 Å². The highest BCUT2D eigenvalue weighted by molar-refractivity contribution is 7.93. The first-order valence-corrected chi connectivity index (χ1v) is 12.7. The Morgan fingerprint density at radius 1 is 0.621 bits per heavy atom. The van der Waals surface area contributed by atoms with Gasteiger partial charge in [-0.25, -0.2) is 0 Å². The third-order valence-electron chi connectivity index (χ3n) is 4.96. The lowest BCUT2D eigenvalue weighted by Gasteiger charge is -2.19. The molecule has 0 unspecified atom stereocenters. The van der Waals surface area contributed by atoms with Crippen LogP contribution in [0.4, 0.5) is 0 Å². The molecular weight excluding hydrogens is 382 g/mol. The van der Waals surface area contributed by atoms with Gasteiger partial charge in [-0.3, -0.25) is 0 Å². The molecule has 0 bridgehead atoms. The minimum Gasteiger partial charge on any atom is -0.198 e. The molecule has 0 saturated heterocycles. The molecule has 29 heavy (non-hydrogen) atoms. The fraction of sp³-hybridized carbons (Fsp3) is 0.826. The van der Waals surface area contributed by atoms with Crippen LogP contribution >= 0.6 is 0 Å². The van der Waals surface area contributed by atoms with Crippen molar-refractivity contribution in [2.24, 2.45) is 0 Å². The molecule has 0 rings (SSSR count). The van der Waals surface area contributed by atoms with E-state index in [-0.39, 0.29) is 0 Å². The van der Waals surface area contributed by atoms with Gasteiger partial charge in [-0.1, -0.05) is 70.1 Å². The molecule has 0 aliphatic carbocycles. The standard InChI is InChI=1S/C23H39N3O2S/c1-2-23-29(27,28)26(21-17-13-9-5-3-7-11-15-19-24)22-18-14-10-6-4-8-12-16-20-25/h3-18,21-22H2,1H3. The molecule has 0 atom stereocenters. The van der Waals surface area contributed by atoms with Crippen molar-refractivity contribution in [1.29, 1.82) is 10.5 Å². The fourth-order valence-electron chi connectivity index (χ4n) is 3.30. The van der Waals surface area contributed by atoms with Crippen LogP contribution in [0.3, 0.4) is 0 Å². The first kappa shape index (κ1) is 27.5. The SMILES string of the molecule is CC#CS(=O)(=O)N(CCCCCCCCCC#N)CCCCCCCCCC#N. The number of hydrogen-bond acceptors (Lipinski definition) is 4. The van der Waals surface area contributed by atoms with Crippen molar-refractivity contribution in [1.82, 2.24) is 4.31 Å². The van der Waals surface area contributed by atoms with Crippen molar-refractivity contribution in [3.8, 4) is 23.3 Å². The predicted octanol–water partition coefficient (Wildman–Crippen LogP) is 5.89. The summed E-state index contributed by atoms with van der Waals surface area (Å²) in [5, 5.41) is 19.4. The summed E-state index contributed by atoms with van der Waals surface area (Å²) in [6.07, 6.45) is 16.2. The van der Waals surface area contributed by atoms with Crippen molar-refractivity contribution in [3.63, 3.8) is 0 Å². The maximum absolute atomic E-state index is 12.4. The molecule has 0 N–H and O–H groups in total. The van der Waals surface area contributed by atoms with E-state index in [0.29, 0.717) is 25.9 Å². The van der Waals surface area contributed by atoms with Gasteiger partial charge >= 0.3 is 0 Å². The zero-order valence-corrected chi connectivity index (χ0v) is 19.1. The third-order valence-corrected chi connectivity index (χ3v) is 6.47. The van der Waals surface area contributed by atoms with Gasteiger partial charge in [-0.15, -0.1) is 0 Å². The third kappa shape index (κ3) is 17.1. The van der Waals surface area contributed by atoms with Gasteiger partial charge in [-0.05, 0) is 32.6 Å². The summed E-state index contributed by atoms with van der Waals surface area (Å²) in [5.74, 6) is 2.53. The van der Waals surface area contributed by atoms with E-state index in [1.807, 2.05) is 0 Å². The number of rotatable bonds is 19. The molecule has 0 aromatic heterocycles. The molecule has 0 saturated carbocycles. The van der Waals surface area contributed by atoms with E-state index in [0.717, 1.165) is 89.9 Å². The van der Waals surface area contributed by atoms with Crippen LogP contribution in [-0.2, 0) is 10.0 Å². The Balaban J connectivity index is 4.02. The molecule has 164 valence electrons. The van der Waals surface area contributed by atoms with Gasteiger partial charge in [0.15, 0.2) is 0 Å². The Kier molecular flexibility index (Phi) is 18.7. The van der Waals surface area contributed by atoms with Crippen LogP contribution in [0.2, 0.25) is 0 Å². The maximum Gasteiger partial charge on any atom is 0.282 e. The minimum absolute atomic E-state index is 0.555. The van der Waals surface area contributed by atoms with E-state index >= 15 is 0 Å². The van der Waals surface area contributed by atoms with Crippen molar-refractivity contribution in [2.45, 2.75) is 110 Å². The lowest BCUT2D eigenvalue weighted by Crippen LogP contribution is -2.31. The average Bonchev–Trinajstić information content (AvgIpc) is 2.69. The number of sulfonamides is 1. The van der Waals surface area contributed by atoms with Crippen LogP contribution in [0.15, 0.2) is 0 Å². The molecule has 0 fully saturated rings. The van der Waals surface area contributed by atoms with Gasteiger partial charge < -0.3 is 0 Å². The first-order valence-electron chi connectivity index (χ1n) is 11.3. The van der Waals surface area contributed by atoms with Crippen LogP contribution in [0.1, 0.15) is 110 Å². The molecule has 0 heterocycles. The lowest BCUT2D eigenvalue weighted by molar-refractivity contribution is 0.388. The summed E-state index contributed by atoms with van der Waals surface area (Å²) in [5.41, 5.74) is 0. The average molecular weight is 422 g/mol. The smallest absolute Gasteiger partial charge is 0.198 e. The van der Waals surface area contributed by atoms with Gasteiger partial charge in [0, 0.05) is 31.2 Å². The van der Waals surface area contributed by atoms with Gasteiger partial charge in [0.1, 0.15) is 0 Å². The highest BCUT2D eigenvalue weighted by atomic mass is 32.2. The van der Waals surface area contributed by atoms with E-state index in [1.165, 1.54) is 0 Å². The van der Waals surface area contributed by atoms with Crippen molar-refractivity contribution >= 4 is 10.0 Å². The van der Waals surface area contributed by atoms with Crippen molar-refractivity contribution < 1.29 is 8.42 Å². The topological polar surface area (TPSA) is 85.0 Å². The lowest BCUT2D eigenvalue weighted by atomic mass is 10.1. The second-order valence-electron chi connectivity index (χ2n) is 7.52. The summed E-state index contributed by atoms with van der Waals surface area (Å²) in [6, 6.07) is 4.34. The fourth-order valence-corrected chi connectivity index (χ4v) is 4.42.